The molecule has 0 unspecified atom stereocenters. The highest BCUT2D eigenvalue weighted by atomic mass is 16.2. The Labute approximate surface area is 125 Å². The zero-order valence-corrected chi connectivity index (χ0v) is 12.0. The lowest BCUT2D eigenvalue weighted by molar-refractivity contribution is 0.0785. The summed E-state index contributed by atoms with van der Waals surface area (Å²) in [4.78, 5) is 14.0. The van der Waals surface area contributed by atoms with E-state index in [0.29, 0.717) is 18.7 Å². The molecule has 2 aromatic rings. The Kier molecular flexibility index (Phi) is 5.14. The van der Waals surface area contributed by atoms with E-state index >= 15 is 0 Å². The molecular formula is C18H18N2O. The fraction of sp³-hybridized carbons (Fsp3) is 0.167. The molecule has 0 fully saturated rings. The van der Waals surface area contributed by atoms with E-state index in [4.69, 9.17) is 5.73 Å². The summed E-state index contributed by atoms with van der Waals surface area (Å²) in [5.41, 5.74) is 8.03. The van der Waals surface area contributed by atoms with Crippen LogP contribution in [0.1, 0.15) is 21.5 Å². The van der Waals surface area contributed by atoms with Gasteiger partial charge in [0.2, 0.25) is 0 Å². The monoisotopic (exact) mass is 278 g/mol. The first-order chi connectivity index (χ1) is 10.2. The Morgan fingerprint density at radius 1 is 1.10 bits per heavy atom. The van der Waals surface area contributed by atoms with Crippen molar-refractivity contribution in [3.63, 3.8) is 0 Å². The smallest absolute Gasteiger partial charge is 0.253 e. The van der Waals surface area contributed by atoms with Gasteiger partial charge >= 0.3 is 0 Å². The van der Waals surface area contributed by atoms with Crippen molar-refractivity contribution in [2.75, 3.05) is 13.6 Å². The van der Waals surface area contributed by atoms with Crippen LogP contribution < -0.4 is 5.73 Å². The van der Waals surface area contributed by atoms with Gasteiger partial charge in [-0.1, -0.05) is 48.2 Å². The molecule has 2 aromatic carbocycles. The second kappa shape index (κ2) is 7.28. The van der Waals surface area contributed by atoms with Gasteiger partial charge in [-0.15, -0.1) is 0 Å². The van der Waals surface area contributed by atoms with Crippen LogP contribution in [0.5, 0.6) is 0 Å². The van der Waals surface area contributed by atoms with Gasteiger partial charge in [-0.05, 0) is 23.8 Å². The standard InChI is InChI=1S/C18H18N2O/c1-20(18(21)16-9-3-2-4-10-16)14-17-11-6-5-8-15(17)12-7-13-19/h2-6,8-11H,13-14,19H2,1H3. The Balaban J connectivity index is 2.16. The maximum Gasteiger partial charge on any atom is 0.253 e. The summed E-state index contributed by atoms with van der Waals surface area (Å²) in [6.07, 6.45) is 0. The summed E-state index contributed by atoms with van der Waals surface area (Å²) in [5, 5.41) is 0. The first kappa shape index (κ1) is 14.8. The van der Waals surface area contributed by atoms with E-state index in [9.17, 15) is 4.79 Å². The first-order valence-electron chi connectivity index (χ1n) is 6.79. The predicted molar refractivity (Wildman–Crippen MR) is 84.6 cm³/mol. The lowest BCUT2D eigenvalue weighted by Crippen LogP contribution is -2.26. The fourth-order valence-corrected chi connectivity index (χ4v) is 2.05. The van der Waals surface area contributed by atoms with Crippen molar-refractivity contribution in [2.45, 2.75) is 6.54 Å². The molecule has 0 saturated heterocycles. The van der Waals surface area contributed by atoms with Gasteiger partial charge in [-0.25, -0.2) is 0 Å². The normalized spacial score (nSPS) is 9.62. The Hall–Kier alpha value is -2.57. The molecule has 3 nitrogen and oxygen atoms in total. The molecule has 0 radical (unpaired) electrons. The van der Waals surface area contributed by atoms with Crippen molar-refractivity contribution < 1.29 is 4.79 Å². The number of carbonyl (C=O) groups excluding carboxylic acids is 1. The molecule has 0 spiro atoms. The topological polar surface area (TPSA) is 46.3 Å². The summed E-state index contributed by atoms with van der Waals surface area (Å²) < 4.78 is 0. The zero-order valence-electron chi connectivity index (χ0n) is 12.0. The maximum absolute atomic E-state index is 12.3. The first-order valence-corrected chi connectivity index (χ1v) is 6.79. The van der Waals surface area contributed by atoms with Crippen molar-refractivity contribution in [3.8, 4) is 11.8 Å². The highest BCUT2D eigenvalue weighted by Gasteiger charge is 2.12. The molecule has 0 aromatic heterocycles. The van der Waals surface area contributed by atoms with Crippen LogP contribution in [0.25, 0.3) is 0 Å². The molecule has 2 N–H and O–H groups in total. The SMILES string of the molecule is CN(Cc1ccccc1C#CCN)C(=O)c1ccccc1. The average molecular weight is 278 g/mol. The van der Waals surface area contributed by atoms with E-state index in [0.717, 1.165) is 11.1 Å². The van der Waals surface area contributed by atoms with Crippen molar-refractivity contribution >= 4 is 5.91 Å². The largest absolute Gasteiger partial charge is 0.337 e. The second-order valence-corrected chi connectivity index (χ2v) is 4.69. The summed E-state index contributed by atoms with van der Waals surface area (Å²) >= 11 is 0. The Bertz CT molecular complexity index is 668. The van der Waals surface area contributed by atoms with Crippen LogP contribution in [-0.4, -0.2) is 24.4 Å². The van der Waals surface area contributed by atoms with Gasteiger partial charge in [-0.2, -0.15) is 0 Å². The quantitative estimate of drug-likeness (QED) is 0.875. The van der Waals surface area contributed by atoms with E-state index in [-0.39, 0.29) is 5.91 Å². The highest BCUT2D eigenvalue weighted by molar-refractivity contribution is 5.93. The molecule has 0 aliphatic rings. The van der Waals surface area contributed by atoms with Gasteiger partial charge in [0.05, 0.1) is 6.54 Å². The molecule has 0 saturated carbocycles. The average Bonchev–Trinajstić information content (AvgIpc) is 2.54. The molecule has 0 atom stereocenters. The summed E-state index contributed by atoms with van der Waals surface area (Å²) in [7, 11) is 1.79. The van der Waals surface area contributed by atoms with Crippen molar-refractivity contribution in [1.82, 2.24) is 4.90 Å². The summed E-state index contributed by atoms with van der Waals surface area (Å²) in [6, 6.07) is 17.1. The van der Waals surface area contributed by atoms with Crippen molar-refractivity contribution in [2.24, 2.45) is 5.73 Å². The maximum atomic E-state index is 12.3. The van der Waals surface area contributed by atoms with Crippen LogP contribution in [0, 0.1) is 11.8 Å². The fourth-order valence-electron chi connectivity index (χ4n) is 2.05. The van der Waals surface area contributed by atoms with Crippen molar-refractivity contribution in [3.05, 3.63) is 71.3 Å². The molecule has 1 amide bonds. The number of rotatable bonds is 3. The number of carbonyl (C=O) groups is 1. The minimum atomic E-state index is -0.00260. The van der Waals surface area contributed by atoms with Gasteiger partial charge in [0.15, 0.2) is 0 Å². The summed E-state index contributed by atoms with van der Waals surface area (Å²) in [5.74, 6) is 5.89. The number of hydrogen-bond acceptors (Lipinski definition) is 2. The molecule has 2 rings (SSSR count). The highest BCUT2D eigenvalue weighted by Crippen LogP contribution is 2.12. The molecule has 0 aliphatic carbocycles. The number of amides is 1. The minimum absolute atomic E-state index is 0.00260. The van der Waals surface area contributed by atoms with Crippen LogP contribution in [-0.2, 0) is 6.54 Å². The lowest BCUT2D eigenvalue weighted by atomic mass is 10.1. The van der Waals surface area contributed by atoms with Gasteiger partial charge in [0.25, 0.3) is 5.91 Å². The zero-order chi connectivity index (χ0) is 15.1. The molecule has 3 heteroatoms. The van der Waals surface area contributed by atoms with Crippen LogP contribution in [0.3, 0.4) is 0 Å². The molecule has 106 valence electrons. The van der Waals surface area contributed by atoms with E-state index in [2.05, 4.69) is 11.8 Å². The minimum Gasteiger partial charge on any atom is -0.337 e. The number of benzene rings is 2. The van der Waals surface area contributed by atoms with Crippen LogP contribution in [0.15, 0.2) is 54.6 Å². The Morgan fingerprint density at radius 3 is 2.48 bits per heavy atom. The molecule has 0 aliphatic heterocycles. The van der Waals surface area contributed by atoms with E-state index < -0.39 is 0 Å². The van der Waals surface area contributed by atoms with Crippen molar-refractivity contribution in [1.29, 1.82) is 0 Å². The second-order valence-electron chi connectivity index (χ2n) is 4.69. The predicted octanol–water partition coefficient (Wildman–Crippen LogP) is 2.27. The van der Waals surface area contributed by atoms with Crippen LogP contribution in [0.4, 0.5) is 0 Å². The number of nitrogens with zero attached hydrogens (tertiary/aromatic N) is 1. The number of hydrogen-bond donors (Lipinski definition) is 1. The van der Waals surface area contributed by atoms with Gasteiger partial charge in [0, 0.05) is 24.7 Å². The molecular weight excluding hydrogens is 260 g/mol. The third-order valence-corrected chi connectivity index (χ3v) is 3.12. The van der Waals surface area contributed by atoms with E-state index in [1.807, 2.05) is 54.6 Å². The molecule has 21 heavy (non-hydrogen) atoms. The third-order valence-electron chi connectivity index (χ3n) is 3.12. The summed E-state index contributed by atoms with van der Waals surface area (Å²) in [6.45, 7) is 0.844. The van der Waals surface area contributed by atoms with Gasteiger partial charge < -0.3 is 10.6 Å². The van der Waals surface area contributed by atoms with Gasteiger partial charge in [-0.3, -0.25) is 4.79 Å². The van der Waals surface area contributed by atoms with E-state index in [1.165, 1.54) is 0 Å². The molecule has 0 heterocycles. The molecule has 0 bridgehead atoms. The van der Waals surface area contributed by atoms with E-state index in [1.54, 1.807) is 11.9 Å². The number of nitrogens with two attached hydrogens (primary N) is 1. The van der Waals surface area contributed by atoms with Crippen LogP contribution in [0.2, 0.25) is 0 Å². The lowest BCUT2D eigenvalue weighted by Gasteiger charge is -2.18. The third kappa shape index (κ3) is 3.95. The van der Waals surface area contributed by atoms with Crippen LogP contribution >= 0.6 is 0 Å². The van der Waals surface area contributed by atoms with Gasteiger partial charge in [0.1, 0.15) is 0 Å². The Morgan fingerprint density at radius 2 is 1.76 bits per heavy atom.